The largest absolute Gasteiger partial charge is 0.388 e. The molecule has 0 amide bonds. The fraction of sp³-hybridized carbons (Fsp3) is 0.333. The van der Waals surface area contributed by atoms with E-state index in [1.165, 1.54) is 0 Å². The number of rotatable bonds is 4. The first-order valence-electron chi connectivity index (χ1n) is 5.32. The molecule has 16 heavy (non-hydrogen) atoms. The Labute approximate surface area is 94.6 Å². The summed E-state index contributed by atoms with van der Waals surface area (Å²) in [5.74, 6) is 0. The second kappa shape index (κ2) is 4.90. The molecule has 4 nitrogen and oxygen atoms in total. The Morgan fingerprint density at radius 3 is 2.62 bits per heavy atom. The fourth-order valence-corrected chi connectivity index (χ4v) is 1.68. The molecule has 1 N–H and O–H groups in total. The van der Waals surface area contributed by atoms with Crippen LogP contribution in [0.1, 0.15) is 23.8 Å². The summed E-state index contributed by atoms with van der Waals surface area (Å²) in [7, 11) is 1.91. The number of aryl methyl sites for hydroxylation is 2. The highest BCUT2D eigenvalue weighted by Gasteiger charge is 2.08. The lowest BCUT2D eigenvalue weighted by Gasteiger charge is -2.10. The smallest absolute Gasteiger partial charge is 0.0794 e. The van der Waals surface area contributed by atoms with E-state index >= 15 is 0 Å². The number of nitrogens with zero attached hydrogens (tertiary/aromatic N) is 3. The van der Waals surface area contributed by atoms with Crippen LogP contribution >= 0.6 is 0 Å². The first kappa shape index (κ1) is 10.8. The molecule has 0 aliphatic rings. The number of hydrogen-bond acceptors (Lipinski definition) is 3. The van der Waals surface area contributed by atoms with Crippen LogP contribution in [0.25, 0.3) is 0 Å². The zero-order chi connectivity index (χ0) is 11.4. The fourth-order valence-electron chi connectivity index (χ4n) is 1.68. The lowest BCUT2D eigenvalue weighted by Crippen LogP contribution is -2.03. The minimum absolute atomic E-state index is 0.433. The highest BCUT2D eigenvalue weighted by molar-refractivity contribution is 5.13. The van der Waals surface area contributed by atoms with Gasteiger partial charge in [0.25, 0.3) is 0 Å². The molecule has 2 aromatic rings. The van der Waals surface area contributed by atoms with E-state index in [1.807, 2.05) is 29.9 Å². The zero-order valence-electron chi connectivity index (χ0n) is 9.24. The van der Waals surface area contributed by atoms with Gasteiger partial charge in [-0.2, -0.15) is 5.10 Å². The second-order valence-corrected chi connectivity index (χ2v) is 3.78. The number of aliphatic hydroxyl groups is 1. The Kier molecular flexibility index (Phi) is 3.31. The molecule has 0 radical (unpaired) electrons. The average Bonchev–Trinajstić information content (AvgIpc) is 2.73. The minimum Gasteiger partial charge on any atom is -0.388 e. The molecule has 0 bridgehead atoms. The van der Waals surface area contributed by atoms with Gasteiger partial charge < -0.3 is 5.11 Å². The summed E-state index contributed by atoms with van der Waals surface area (Å²) in [6.07, 6.45) is 6.25. The van der Waals surface area contributed by atoms with Gasteiger partial charge in [0.05, 0.1) is 6.10 Å². The molecule has 0 saturated heterocycles. The van der Waals surface area contributed by atoms with E-state index in [0.29, 0.717) is 6.42 Å². The molecule has 84 valence electrons. The van der Waals surface area contributed by atoms with Gasteiger partial charge in [0, 0.05) is 31.3 Å². The van der Waals surface area contributed by atoms with Crippen LogP contribution in [0.2, 0.25) is 0 Å². The number of aromatic nitrogens is 3. The number of hydrogen-bond donors (Lipinski definition) is 1. The molecule has 2 rings (SSSR count). The van der Waals surface area contributed by atoms with Gasteiger partial charge >= 0.3 is 0 Å². The summed E-state index contributed by atoms with van der Waals surface area (Å²) in [5, 5.41) is 14.0. The summed E-state index contributed by atoms with van der Waals surface area (Å²) < 4.78 is 1.83. The zero-order valence-corrected chi connectivity index (χ0v) is 9.24. The van der Waals surface area contributed by atoms with Crippen LogP contribution in [0.4, 0.5) is 0 Å². The lowest BCUT2D eigenvalue weighted by atomic mass is 10.1. The number of pyridine rings is 1. The second-order valence-electron chi connectivity index (χ2n) is 3.78. The summed E-state index contributed by atoms with van der Waals surface area (Å²) in [5.41, 5.74) is 2.05. The molecule has 0 aliphatic heterocycles. The molecule has 0 aromatic carbocycles. The SMILES string of the molecule is Cn1nccc1CCC(O)c1ccncc1. The Hall–Kier alpha value is -1.68. The van der Waals surface area contributed by atoms with Crippen molar-refractivity contribution in [1.82, 2.24) is 14.8 Å². The third-order valence-corrected chi connectivity index (χ3v) is 2.69. The van der Waals surface area contributed by atoms with Crippen molar-refractivity contribution in [3.05, 3.63) is 48.0 Å². The minimum atomic E-state index is -0.433. The van der Waals surface area contributed by atoms with Gasteiger partial charge in [0.1, 0.15) is 0 Å². The van der Waals surface area contributed by atoms with Crippen LogP contribution in [-0.2, 0) is 13.5 Å². The van der Waals surface area contributed by atoms with Crippen LogP contribution in [-0.4, -0.2) is 19.9 Å². The van der Waals surface area contributed by atoms with Crippen LogP contribution in [0.15, 0.2) is 36.8 Å². The first-order valence-corrected chi connectivity index (χ1v) is 5.32. The van der Waals surface area contributed by atoms with Gasteiger partial charge in [-0.05, 0) is 36.6 Å². The molecule has 0 fully saturated rings. The summed E-state index contributed by atoms with van der Waals surface area (Å²) in [6, 6.07) is 5.65. The van der Waals surface area contributed by atoms with E-state index < -0.39 is 6.10 Å². The molecule has 0 saturated carbocycles. The van der Waals surface area contributed by atoms with Crippen LogP contribution in [0.3, 0.4) is 0 Å². The molecule has 2 aromatic heterocycles. The third-order valence-electron chi connectivity index (χ3n) is 2.69. The van der Waals surface area contributed by atoms with Crippen molar-refractivity contribution in [3.63, 3.8) is 0 Å². The normalized spacial score (nSPS) is 12.6. The molecule has 0 spiro atoms. The maximum absolute atomic E-state index is 9.95. The molecule has 1 atom stereocenters. The Morgan fingerprint density at radius 1 is 1.25 bits per heavy atom. The highest BCUT2D eigenvalue weighted by Crippen LogP contribution is 2.17. The van der Waals surface area contributed by atoms with E-state index in [9.17, 15) is 5.11 Å². The summed E-state index contributed by atoms with van der Waals surface area (Å²) >= 11 is 0. The van der Waals surface area contributed by atoms with Crippen molar-refractivity contribution in [3.8, 4) is 0 Å². The van der Waals surface area contributed by atoms with E-state index in [4.69, 9.17) is 0 Å². The van der Waals surface area contributed by atoms with Gasteiger partial charge in [-0.25, -0.2) is 0 Å². The maximum Gasteiger partial charge on any atom is 0.0794 e. The van der Waals surface area contributed by atoms with Crippen molar-refractivity contribution in [2.45, 2.75) is 18.9 Å². The molecular weight excluding hydrogens is 202 g/mol. The summed E-state index contributed by atoms with van der Waals surface area (Å²) in [4.78, 5) is 3.93. The van der Waals surface area contributed by atoms with Gasteiger partial charge in [0.2, 0.25) is 0 Å². The number of aliphatic hydroxyl groups excluding tert-OH is 1. The van der Waals surface area contributed by atoms with Crippen LogP contribution in [0.5, 0.6) is 0 Å². The van der Waals surface area contributed by atoms with Crippen molar-refractivity contribution < 1.29 is 5.11 Å². The topological polar surface area (TPSA) is 50.9 Å². The van der Waals surface area contributed by atoms with Crippen LogP contribution in [0, 0.1) is 0 Å². The molecule has 0 aliphatic carbocycles. The van der Waals surface area contributed by atoms with E-state index in [1.54, 1.807) is 18.6 Å². The Morgan fingerprint density at radius 2 is 2.00 bits per heavy atom. The molecule has 2 heterocycles. The Balaban J connectivity index is 1.94. The molecular formula is C12H15N3O. The van der Waals surface area contributed by atoms with Crippen molar-refractivity contribution in [2.75, 3.05) is 0 Å². The quantitative estimate of drug-likeness (QED) is 0.844. The van der Waals surface area contributed by atoms with E-state index in [-0.39, 0.29) is 0 Å². The van der Waals surface area contributed by atoms with Gasteiger partial charge in [0.15, 0.2) is 0 Å². The highest BCUT2D eigenvalue weighted by atomic mass is 16.3. The lowest BCUT2D eigenvalue weighted by molar-refractivity contribution is 0.167. The van der Waals surface area contributed by atoms with Gasteiger partial charge in [-0.1, -0.05) is 0 Å². The third kappa shape index (κ3) is 2.46. The predicted molar refractivity (Wildman–Crippen MR) is 60.7 cm³/mol. The van der Waals surface area contributed by atoms with E-state index in [0.717, 1.165) is 17.7 Å². The van der Waals surface area contributed by atoms with Crippen molar-refractivity contribution >= 4 is 0 Å². The van der Waals surface area contributed by atoms with E-state index in [2.05, 4.69) is 10.1 Å². The molecule has 1 unspecified atom stereocenters. The Bertz CT molecular complexity index is 439. The maximum atomic E-state index is 9.95. The average molecular weight is 217 g/mol. The molecule has 4 heteroatoms. The standard InChI is InChI=1S/C12H15N3O/c1-15-11(6-9-14-15)2-3-12(16)10-4-7-13-8-5-10/h4-9,12,16H,2-3H2,1H3. The van der Waals surface area contributed by atoms with Gasteiger partial charge in [-0.15, -0.1) is 0 Å². The van der Waals surface area contributed by atoms with Crippen LogP contribution < -0.4 is 0 Å². The summed E-state index contributed by atoms with van der Waals surface area (Å²) in [6.45, 7) is 0. The monoisotopic (exact) mass is 217 g/mol. The van der Waals surface area contributed by atoms with Crippen molar-refractivity contribution in [2.24, 2.45) is 7.05 Å². The van der Waals surface area contributed by atoms with Gasteiger partial charge in [-0.3, -0.25) is 9.67 Å². The van der Waals surface area contributed by atoms with Crippen molar-refractivity contribution in [1.29, 1.82) is 0 Å². The predicted octanol–water partition coefficient (Wildman–Crippen LogP) is 1.48. The first-order chi connectivity index (χ1) is 7.77.